The third-order valence-corrected chi connectivity index (χ3v) is 5.00. The van der Waals surface area contributed by atoms with Gasteiger partial charge < -0.3 is 10.5 Å². The van der Waals surface area contributed by atoms with Crippen LogP contribution in [-0.4, -0.2) is 27.7 Å². The highest BCUT2D eigenvalue weighted by Crippen LogP contribution is 2.27. The summed E-state index contributed by atoms with van der Waals surface area (Å²) in [5.74, 6) is 0. The Hall–Kier alpha value is -0.820. The number of nitrogens with two attached hydrogens (primary N) is 1. The zero-order valence-electron chi connectivity index (χ0n) is 9.89. The van der Waals surface area contributed by atoms with Crippen molar-refractivity contribution in [2.24, 2.45) is 0 Å². The molecule has 0 aliphatic heterocycles. The fourth-order valence-electron chi connectivity index (χ4n) is 1.87. The van der Waals surface area contributed by atoms with Crippen molar-refractivity contribution < 1.29 is 13.2 Å². The van der Waals surface area contributed by atoms with Crippen LogP contribution in [-0.2, 0) is 14.8 Å². The highest BCUT2D eigenvalue weighted by molar-refractivity contribution is 7.89. The molecule has 0 saturated heterocycles. The van der Waals surface area contributed by atoms with Crippen molar-refractivity contribution in [2.75, 3.05) is 12.8 Å². The van der Waals surface area contributed by atoms with Gasteiger partial charge in [-0.25, -0.2) is 13.1 Å². The minimum absolute atomic E-state index is 0.0548. The van der Waals surface area contributed by atoms with Crippen molar-refractivity contribution in [3.63, 3.8) is 0 Å². The number of sulfonamides is 1. The number of hydrogen-bond acceptors (Lipinski definition) is 4. The smallest absolute Gasteiger partial charge is 0.242 e. The summed E-state index contributed by atoms with van der Waals surface area (Å²) in [5.41, 5.74) is 5.96. The predicted molar refractivity (Wildman–Crippen MR) is 70.0 cm³/mol. The van der Waals surface area contributed by atoms with E-state index in [4.69, 9.17) is 22.1 Å². The van der Waals surface area contributed by atoms with Gasteiger partial charge in [-0.05, 0) is 31.0 Å². The van der Waals surface area contributed by atoms with Crippen LogP contribution < -0.4 is 10.5 Å². The normalized spacial score (nSPS) is 23.7. The largest absolute Gasteiger partial charge is 0.399 e. The zero-order valence-corrected chi connectivity index (χ0v) is 11.5. The van der Waals surface area contributed by atoms with Crippen molar-refractivity contribution in [2.45, 2.75) is 29.9 Å². The summed E-state index contributed by atoms with van der Waals surface area (Å²) < 4.78 is 31.9. The average Bonchev–Trinajstić information content (AvgIpc) is 2.22. The molecule has 0 radical (unpaired) electrons. The summed E-state index contributed by atoms with van der Waals surface area (Å²) in [5, 5.41) is 0.130. The molecule has 0 spiro atoms. The van der Waals surface area contributed by atoms with Crippen molar-refractivity contribution >= 4 is 27.3 Å². The quantitative estimate of drug-likeness (QED) is 0.821. The second-order valence-corrected chi connectivity index (χ2v) is 6.43. The topological polar surface area (TPSA) is 81.4 Å². The van der Waals surface area contributed by atoms with E-state index >= 15 is 0 Å². The Morgan fingerprint density at radius 3 is 2.67 bits per heavy atom. The van der Waals surface area contributed by atoms with Crippen LogP contribution in [0, 0.1) is 0 Å². The van der Waals surface area contributed by atoms with Gasteiger partial charge in [-0.3, -0.25) is 0 Å². The fraction of sp³-hybridized carbons (Fsp3) is 0.455. The van der Waals surface area contributed by atoms with Crippen LogP contribution in [0.15, 0.2) is 23.1 Å². The maximum atomic E-state index is 12.1. The molecule has 1 aromatic carbocycles. The second-order valence-electron chi connectivity index (χ2n) is 4.34. The van der Waals surface area contributed by atoms with Crippen molar-refractivity contribution in [3.05, 3.63) is 23.2 Å². The molecule has 0 aromatic heterocycles. The molecule has 0 unspecified atom stereocenters. The number of ether oxygens (including phenoxy) is 1. The first-order valence-electron chi connectivity index (χ1n) is 5.52. The Bertz CT molecular complexity index is 541. The van der Waals surface area contributed by atoms with Gasteiger partial charge in [0.2, 0.25) is 10.0 Å². The van der Waals surface area contributed by atoms with E-state index in [-0.39, 0.29) is 22.1 Å². The van der Waals surface area contributed by atoms with Crippen LogP contribution in [0.1, 0.15) is 12.8 Å². The van der Waals surface area contributed by atoms with Crippen LogP contribution in [0.2, 0.25) is 5.02 Å². The first-order valence-corrected chi connectivity index (χ1v) is 7.38. The zero-order chi connectivity index (χ0) is 13.3. The predicted octanol–water partition coefficient (Wildman–Crippen LogP) is 1.38. The van der Waals surface area contributed by atoms with Gasteiger partial charge in [-0.1, -0.05) is 11.6 Å². The maximum Gasteiger partial charge on any atom is 0.242 e. The van der Waals surface area contributed by atoms with Crippen molar-refractivity contribution in [1.29, 1.82) is 0 Å². The van der Waals surface area contributed by atoms with E-state index in [0.717, 1.165) is 0 Å². The summed E-state index contributed by atoms with van der Waals surface area (Å²) >= 11 is 5.89. The number of rotatable bonds is 4. The van der Waals surface area contributed by atoms with Crippen LogP contribution in [0.4, 0.5) is 5.69 Å². The molecule has 5 nitrogen and oxygen atoms in total. The molecule has 1 fully saturated rings. The van der Waals surface area contributed by atoms with Gasteiger partial charge in [0.1, 0.15) is 4.90 Å². The standard InChI is InChI=1S/C11H15ClN2O3S/c1-17-9-5-8(6-9)14-18(15,16)11-3-2-7(13)4-10(11)12/h2-4,8-9,14H,5-6,13H2,1H3. The Morgan fingerprint density at radius 2 is 2.11 bits per heavy atom. The Balaban J connectivity index is 2.11. The van der Waals surface area contributed by atoms with Gasteiger partial charge in [0.05, 0.1) is 11.1 Å². The molecule has 1 saturated carbocycles. The Labute approximate surface area is 111 Å². The third kappa shape index (κ3) is 2.77. The number of nitrogens with one attached hydrogen (secondary N) is 1. The van der Waals surface area contributed by atoms with E-state index in [1.54, 1.807) is 7.11 Å². The van der Waals surface area contributed by atoms with Crippen LogP contribution in [0.3, 0.4) is 0 Å². The van der Waals surface area contributed by atoms with Gasteiger partial charge in [0.15, 0.2) is 0 Å². The first kappa shape index (κ1) is 13.6. The SMILES string of the molecule is COC1CC(NS(=O)(=O)c2ccc(N)cc2Cl)C1. The second kappa shape index (κ2) is 5.05. The number of benzene rings is 1. The number of methoxy groups -OCH3 is 1. The highest BCUT2D eigenvalue weighted by atomic mass is 35.5. The number of hydrogen-bond donors (Lipinski definition) is 2. The molecule has 0 bridgehead atoms. The van der Waals surface area contributed by atoms with E-state index < -0.39 is 10.0 Å². The molecule has 0 atom stereocenters. The van der Waals surface area contributed by atoms with Crippen LogP contribution in [0.25, 0.3) is 0 Å². The van der Waals surface area contributed by atoms with Gasteiger partial charge in [-0.15, -0.1) is 0 Å². The molecule has 0 heterocycles. The van der Waals surface area contributed by atoms with Gasteiger partial charge in [0, 0.05) is 18.8 Å². The van der Waals surface area contributed by atoms with Crippen LogP contribution >= 0.6 is 11.6 Å². The van der Waals surface area contributed by atoms with Gasteiger partial charge >= 0.3 is 0 Å². The molecule has 3 N–H and O–H groups in total. The number of nitrogen functional groups attached to an aromatic ring is 1. The summed E-state index contributed by atoms with van der Waals surface area (Å²) in [6, 6.07) is 4.26. The lowest BCUT2D eigenvalue weighted by Gasteiger charge is -2.34. The summed E-state index contributed by atoms with van der Waals surface area (Å²) in [7, 11) is -1.98. The Morgan fingerprint density at radius 1 is 1.44 bits per heavy atom. The number of halogens is 1. The van der Waals surface area contributed by atoms with E-state index in [1.165, 1.54) is 18.2 Å². The lowest BCUT2D eigenvalue weighted by molar-refractivity contribution is 0.0236. The molecule has 1 aliphatic carbocycles. The van der Waals surface area contributed by atoms with E-state index in [9.17, 15) is 8.42 Å². The van der Waals surface area contributed by atoms with E-state index in [1.807, 2.05) is 0 Å². The minimum Gasteiger partial charge on any atom is -0.399 e. The van der Waals surface area contributed by atoms with Crippen molar-refractivity contribution in [3.8, 4) is 0 Å². The molecule has 1 aliphatic rings. The average molecular weight is 291 g/mol. The molecule has 2 rings (SSSR count). The lowest BCUT2D eigenvalue weighted by Crippen LogP contribution is -2.47. The third-order valence-electron chi connectivity index (χ3n) is 3.00. The van der Waals surface area contributed by atoms with Gasteiger partial charge in [0.25, 0.3) is 0 Å². The molecular formula is C11H15ClN2O3S. The van der Waals surface area contributed by atoms with E-state index in [0.29, 0.717) is 18.5 Å². The monoisotopic (exact) mass is 290 g/mol. The highest BCUT2D eigenvalue weighted by Gasteiger charge is 2.33. The first-order chi connectivity index (χ1) is 8.42. The minimum atomic E-state index is -3.59. The maximum absolute atomic E-state index is 12.1. The van der Waals surface area contributed by atoms with Gasteiger partial charge in [-0.2, -0.15) is 0 Å². The molecule has 18 heavy (non-hydrogen) atoms. The molecule has 7 heteroatoms. The molecular weight excluding hydrogens is 276 g/mol. The van der Waals surface area contributed by atoms with E-state index in [2.05, 4.69) is 4.72 Å². The molecule has 1 aromatic rings. The lowest BCUT2D eigenvalue weighted by atomic mass is 9.90. The Kier molecular flexibility index (Phi) is 3.82. The van der Waals surface area contributed by atoms with Crippen LogP contribution in [0.5, 0.6) is 0 Å². The number of anilines is 1. The summed E-state index contributed by atoms with van der Waals surface area (Å²) in [6.45, 7) is 0. The molecule has 0 amide bonds. The molecule has 100 valence electrons. The fourth-order valence-corrected chi connectivity index (χ4v) is 3.69. The summed E-state index contributed by atoms with van der Waals surface area (Å²) in [4.78, 5) is 0.0548. The van der Waals surface area contributed by atoms with Crippen molar-refractivity contribution in [1.82, 2.24) is 4.72 Å². The summed E-state index contributed by atoms with van der Waals surface area (Å²) in [6.07, 6.45) is 1.50.